The first-order valence-corrected chi connectivity index (χ1v) is 31.9. The number of benzene rings is 4. The number of nitrogens with two attached hydrogens (primary N) is 4. The highest BCUT2D eigenvalue weighted by molar-refractivity contribution is 6.35. The van der Waals surface area contributed by atoms with E-state index in [9.17, 15) is 14.6 Å². The first-order chi connectivity index (χ1) is 47.2. The number of aromatic nitrogens is 20. The Bertz CT molecular complexity index is 5530. The predicted octanol–water partition coefficient (Wildman–Crippen LogP) is 13.3. The van der Waals surface area contributed by atoms with Crippen molar-refractivity contribution in [2.45, 2.75) is 91.4 Å². The molecule has 12 heterocycles. The van der Waals surface area contributed by atoms with E-state index < -0.39 is 5.82 Å². The van der Waals surface area contributed by atoms with Gasteiger partial charge in [0.25, 0.3) is 0 Å². The maximum absolute atomic E-state index is 14.3. The number of para-hydroxylation sites is 1. The number of H-pyrrole nitrogens is 4. The Labute approximate surface area is 561 Å². The SMILES string of the molecule is CC(C)n1nc(-c2cc3cccc(O)c3[nH]2)c2c(N)ncnc21.COc1cc(Cl)c2[nH]c(-c3nn(C(C)C)c4ncnc(N)c34)cc2c1.COc1cc(F)c2[nH]c(-c3nn(C(C)C)c4ncnc(N)c34)cc2c1.Nc1ncnc2c1c(-c1cc3cc(O)ccc3[nH]1)nn2C1CCCC1. The Balaban J connectivity index is 0.000000112. The van der Waals surface area contributed by atoms with Gasteiger partial charge in [-0.3, -0.25) is 0 Å². The maximum atomic E-state index is 14.3. The third kappa shape index (κ3) is 11.3. The highest BCUT2D eigenvalue weighted by Crippen LogP contribution is 2.41. The number of halogens is 2. The number of methoxy groups -OCH3 is 2. The molecule has 1 aliphatic carbocycles. The molecule has 0 radical (unpaired) electrons. The van der Waals surface area contributed by atoms with E-state index in [2.05, 4.69) is 70.0 Å². The van der Waals surface area contributed by atoms with Gasteiger partial charge in [0.2, 0.25) is 0 Å². The van der Waals surface area contributed by atoms with E-state index in [0.29, 0.717) is 113 Å². The molecule has 0 bridgehead atoms. The molecule has 28 nitrogen and oxygen atoms in total. The number of aromatic hydroxyl groups is 2. The zero-order chi connectivity index (χ0) is 68.5. The summed E-state index contributed by atoms with van der Waals surface area (Å²) < 4.78 is 32.2. The van der Waals surface area contributed by atoms with Crippen molar-refractivity contribution in [1.82, 2.24) is 98.9 Å². The number of anilines is 4. The van der Waals surface area contributed by atoms with Gasteiger partial charge >= 0.3 is 0 Å². The first kappa shape index (κ1) is 63.3. The van der Waals surface area contributed by atoms with Crippen LogP contribution in [-0.2, 0) is 0 Å². The van der Waals surface area contributed by atoms with Crippen LogP contribution in [0.15, 0.2) is 110 Å². The minimum Gasteiger partial charge on any atom is -0.508 e. The summed E-state index contributed by atoms with van der Waals surface area (Å²) in [5, 5.41) is 45.5. The summed E-state index contributed by atoms with van der Waals surface area (Å²) in [5.74, 6) is 2.76. The molecule has 0 saturated heterocycles. The molecule has 16 aromatic rings. The van der Waals surface area contributed by atoms with Gasteiger partial charge in [-0.25, -0.2) is 63.0 Å². The van der Waals surface area contributed by atoms with Crippen LogP contribution in [-0.4, -0.2) is 123 Å². The normalized spacial score (nSPS) is 12.7. The summed E-state index contributed by atoms with van der Waals surface area (Å²) >= 11 is 6.36. The van der Waals surface area contributed by atoms with Gasteiger partial charge < -0.3 is 62.6 Å². The molecular formula is C68H68ClFN24O4. The number of hydrogen-bond acceptors (Lipinski definition) is 20. The summed E-state index contributed by atoms with van der Waals surface area (Å²) in [7, 11) is 3.12. The van der Waals surface area contributed by atoms with Crippen LogP contribution >= 0.6 is 11.6 Å². The summed E-state index contributed by atoms with van der Waals surface area (Å²) in [6.45, 7) is 12.2. The van der Waals surface area contributed by atoms with Crippen LogP contribution in [0.5, 0.6) is 23.0 Å². The van der Waals surface area contributed by atoms with Gasteiger partial charge in [-0.15, -0.1) is 0 Å². The molecule has 1 fully saturated rings. The zero-order valence-corrected chi connectivity index (χ0v) is 55.2. The zero-order valence-electron chi connectivity index (χ0n) is 54.5. The van der Waals surface area contributed by atoms with Crippen molar-refractivity contribution in [2.75, 3.05) is 37.2 Å². The van der Waals surface area contributed by atoms with E-state index in [-0.39, 0.29) is 29.6 Å². The lowest BCUT2D eigenvalue weighted by atomic mass is 10.2. The van der Waals surface area contributed by atoms with E-state index in [1.807, 2.05) is 98.1 Å². The predicted molar refractivity (Wildman–Crippen MR) is 378 cm³/mol. The van der Waals surface area contributed by atoms with E-state index in [4.69, 9.17) is 54.2 Å². The Kier molecular flexibility index (Phi) is 16.3. The number of ether oxygens (including phenoxy) is 2. The van der Waals surface area contributed by atoms with Crippen molar-refractivity contribution in [3.63, 3.8) is 0 Å². The molecule has 0 atom stereocenters. The summed E-state index contributed by atoms with van der Waals surface area (Å²) in [6.07, 6.45) is 10.5. The molecule has 498 valence electrons. The highest BCUT2D eigenvalue weighted by Gasteiger charge is 2.27. The third-order valence-electron chi connectivity index (χ3n) is 17.2. The van der Waals surface area contributed by atoms with Gasteiger partial charge in [0, 0.05) is 57.3 Å². The van der Waals surface area contributed by atoms with Crippen LogP contribution in [0.25, 0.3) is 133 Å². The summed E-state index contributed by atoms with van der Waals surface area (Å²) in [6, 6.07) is 25.8. The minimum atomic E-state index is -0.391. The van der Waals surface area contributed by atoms with Crippen LogP contribution in [0, 0.1) is 5.82 Å². The second kappa shape index (κ2) is 25.2. The fraction of sp³-hybridized carbons (Fsp3) is 0.235. The topological polar surface area (TPSA) is 401 Å². The van der Waals surface area contributed by atoms with Crippen molar-refractivity contribution < 1.29 is 24.1 Å². The van der Waals surface area contributed by atoms with E-state index in [0.717, 1.165) is 79.2 Å². The van der Waals surface area contributed by atoms with Crippen LogP contribution in [0.4, 0.5) is 27.7 Å². The van der Waals surface area contributed by atoms with Crippen LogP contribution in [0.2, 0.25) is 5.02 Å². The second-order valence-electron chi connectivity index (χ2n) is 24.6. The number of fused-ring (bicyclic) bond motifs is 8. The Morgan fingerprint density at radius 1 is 0.480 bits per heavy atom. The molecule has 17 rings (SSSR count). The molecule has 30 heteroatoms. The lowest BCUT2D eigenvalue weighted by Gasteiger charge is -2.09. The van der Waals surface area contributed by atoms with E-state index >= 15 is 0 Å². The first-order valence-electron chi connectivity index (χ1n) is 31.6. The number of phenolic OH excluding ortho intramolecular Hbond substituents is 2. The van der Waals surface area contributed by atoms with E-state index in [1.54, 1.807) is 48.2 Å². The fourth-order valence-electron chi connectivity index (χ4n) is 12.6. The molecule has 0 unspecified atom stereocenters. The molecule has 1 saturated carbocycles. The average molecular weight is 1340 g/mol. The number of nitrogens with one attached hydrogen (secondary N) is 4. The number of nitrogens with zero attached hydrogens (tertiary/aromatic N) is 16. The second-order valence-corrected chi connectivity index (χ2v) is 25.0. The summed E-state index contributed by atoms with van der Waals surface area (Å²) in [4.78, 5) is 46.9. The highest BCUT2D eigenvalue weighted by atomic mass is 35.5. The van der Waals surface area contributed by atoms with Crippen LogP contribution in [0.3, 0.4) is 0 Å². The lowest BCUT2D eigenvalue weighted by Crippen LogP contribution is -2.07. The molecule has 0 aliphatic heterocycles. The van der Waals surface area contributed by atoms with Gasteiger partial charge in [-0.1, -0.05) is 36.6 Å². The van der Waals surface area contributed by atoms with Crippen molar-refractivity contribution in [3.8, 4) is 68.5 Å². The number of phenols is 2. The maximum Gasteiger partial charge on any atom is 0.164 e. The van der Waals surface area contributed by atoms with Crippen molar-refractivity contribution >= 4 is 123 Å². The Morgan fingerprint density at radius 2 is 0.908 bits per heavy atom. The van der Waals surface area contributed by atoms with Gasteiger partial charge in [0.1, 0.15) is 94.4 Å². The Hall–Kier alpha value is -12.1. The van der Waals surface area contributed by atoms with Gasteiger partial charge in [0.15, 0.2) is 28.4 Å². The largest absolute Gasteiger partial charge is 0.508 e. The molecule has 0 spiro atoms. The number of nitrogen functional groups attached to an aromatic ring is 4. The number of hydrogen-bond donors (Lipinski definition) is 10. The minimum absolute atomic E-state index is 0.0896. The van der Waals surface area contributed by atoms with Crippen molar-refractivity contribution in [2.24, 2.45) is 0 Å². The van der Waals surface area contributed by atoms with Gasteiger partial charge in [-0.05, 0) is 115 Å². The molecule has 4 aromatic carbocycles. The standard InChI is InChI=1S/C18H18N6O.C17H17ClN6O.C17H17FN6O.C16H16N6O/c19-17-15-16(14-8-10-7-12(25)5-6-13(10)22-14)23-24(11-3-1-2-4-11)18(15)21-9-20-17;2*1-8(2)24-17-13(16(19)20-7-21-17)15(23-24)12-5-9-4-10(25-3)6-11(18)14(9)22-12;1-8(2)22-16-12(15(17)18-7-19-16)14(21-22)10-6-9-4-3-5-11(23)13(9)20-10/h5-9,11,22,25H,1-4H2,(H2,19,20,21);2*4-8,22H,1-3H3,(H2,19,20,21);3-8,20,23H,1-2H3,(H2,17,18,19). The summed E-state index contributed by atoms with van der Waals surface area (Å²) in [5.41, 5.74) is 35.9. The molecule has 14 N–H and O–H groups in total. The van der Waals surface area contributed by atoms with Crippen molar-refractivity contribution in [3.05, 3.63) is 121 Å². The van der Waals surface area contributed by atoms with Crippen LogP contribution in [0.1, 0.15) is 91.4 Å². The Morgan fingerprint density at radius 3 is 1.41 bits per heavy atom. The van der Waals surface area contributed by atoms with Gasteiger partial charge in [0.05, 0.1) is 86.2 Å². The molecular weight excluding hydrogens is 1270 g/mol. The smallest absolute Gasteiger partial charge is 0.164 e. The quantitative estimate of drug-likeness (QED) is 0.0608. The third-order valence-corrected chi connectivity index (χ3v) is 17.5. The van der Waals surface area contributed by atoms with Gasteiger partial charge in [-0.2, -0.15) is 20.4 Å². The molecule has 0 amide bonds. The molecule has 12 aromatic heterocycles. The monoisotopic (exact) mass is 1340 g/mol. The lowest BCUT2D eigenvalue weighted by molar-refractivity contribution is 0.412. The number of rotatable bonds is 10. The molecule has 1 aliphatic rings. The molecule has 98 heavy (non-hydrogen) atoms. The fourth-order valence-corrected chi connectivity index (χ4v) is 12.8. The van der Waals surface area contributed by atoms with Crippen LogP contribution < -0.4 is 32.4 Å². The number of aromatic amines is 4. The van der Waals surface area contributed by atoms with E-state index in [1.165, 1.54) is 51.3 Å². The average Bonchev–Trinajstić information content (AvgIpc) is 1.62. The van der Waals surface area contributed by atoms with Crippen molar-refractivity contribution in [1.29, 1.82) is 0 Å².